The van der Waals surface area contributed by atoms with Crippen LogP contribution in [0.5, 0.6) is 17.2 Å². The maximum absolute atomic E-state index is 11.8. The Labute approximate surface area is 136 Å². The molecule has 0 aromatic heterocycles. The van der Waals surface area contributed by atoms with Gasteiger partial charge >= 0.3 is 5.97 Å². The minimum atomic E-state index is -0.723. The largest absolute Gasteiger partial charge is 0.493 e. The first-order valence-electron chi connectivity index (χ1n) is 6.41. The summed E-state index contributed by atoms with van der Waals surface area (Å²) in [5.74, 6) is -0.127. The Morgan fingerprint density at radius 1 is 1.17 bits per heavy atom. The number of ether oxygens (including phenoxy) is 3. The molecule has 0 amide bonds. The van der Waals surface area contributed by atoms with E-state index in [1.54, 1.807) is 24.3 Å². The highest BCUT2D eigenvalue weighted by Gasteiger charge is 2.16. The molecule has 0 unspecified atom stereocenters. The summed E-state index contributed by atoms with van der Waals surface area (Å²) < 4.78 is 15.3. The lowest BCUT2D eigenvalue weighted by atomic mass is 10.3. The average molecular weight is 338 g/mol. The highest BCUT2D eigenvalue weighted by molar-refractivity contribution is 6.30. The number of methoxy groups -OCH3 is 1. The van der Waals surface area contributed by atoms with E-state index in [-0.39, 0.29) is 23.8 Å². The Morgan fingerprint density at radius 2 is 1.87 bits per heavy atom. The van der Waals surface area contributed by atoms with E-state index in [0.29, 0.717) is 10.8 Å². The summed E-state index contributed by atoms with van der Waals surface area (Å²) in [6, 6.07) is 10.1. The summed E-state index contributed by atoms with van der Waals surface area (Å²) in [6.07, 6.45) is 0. The van der Waals surface area contributed by atoms with Crippen molar-refractivity contribution in [2.75, 3.05) is 13.7 Å². The number of nitro groups is 1. The van der Waals surface area contributed by atoms with E-state index >= 15 is 0 Å². The van der Waals surface area contributed by atoms with E-state index < -0.39 is 10.9 Å². The number of nitrogens with zero attached hydrogens (tertiary/aromatic N) is 1. The fraction of sp³-hybridized carbons (Fsp3) is 0.133. The van der Waals surface area contributed by atoms with Gasteiger partial charge in [-0.25, -0.2) is 4.79 Å². The Balaban J connectivity index is 2.02. The third kappa shape index (κ3) is 4.58. The molecule has 0 saturated carbocycles. The maximum atomic E-state index is 11.8. The first kappa shape index (κ1) is 16.6. The minimum absolute atomic E-state index is 0.0496. The van der Waals surface area contributed by atoms with Gasteiger partial charge in [0.15, 0.2) is 18.1 Å². The lowest BCUT2D eigenvalue weighted by Gasteiger charge is -2.09. The molecule has 0 aliphatic heterocycles. The Bertz CT molecular complexity index is 716. The van der Waals surface area contributed by atoms with E-state index in [0.717, 1.165) is 6.07 Å². The molecular formula is C15H12ClNO6. The van der Waals surface area contributed by atoms with E-state index in [9.17, 15) is 14.9 Å². The lowest BCUT2D eigenvalue weighted by molar-refractivity contribution is -0.384. The number of esters is 1. The molecule has 0 heterocycles. The predicted octanol–water partition coefficient (Wildman–Crippen LogP) is 3.24. The van der Waals surface area contributed by atoms with Crippen LogP contribution in [0.4, 0.5) is 5.69 Å². The Kier molecular flexibility index (Phi) is 5.37. The van der Waals surface area contributed by atoms with Gasteiger partial charge in [-0.1, -0.05) is 11.6 Å². The van der Waals surface area contributed by atoms with Crippen LogP contribution in [0.2, 0.25) is 5.02 Å². The second-order valence-corrected chi connectivity index (χ2v) is 4.75. The second-order valence-electron chi connectivity index (χ2n) is 4.31. The molecule has 8 heteroatoms. The zero-order valence-electron chi connectivity index (χ0n) is 12.0. The molecule has 23 heavy (non-hydrogen) atoms. The zero-order valence-corrected chi connectivity index (χ0v) is 12.8. The number of benzene rings is 2. The van der Waals surface area contributed by atoms with Gasteiger partial charge < -0.3 is 14.2 Å². The van der Waals surface area contributed by atoms with Crippen molar-refractivity contribution in [2.24, 2.45) is 0 Å². The first-order chi connectivity index (χ1) is 11.0. The van der Waals surface area contributed by atoms with E-state index in [4.69, 9.17) is 25.8 Å². The lowest BCUT2D eigenvalue weighted by Crippen LogP contribution is -2.18. The molecule has 0 N–H and O–H groups in total. The topological polar surface area (TPSA) is 87.9 Å². The number of hydrogen-bond donors (Lipinski definition) is 0. The van der Waals surface area contributed by atoms with Crippen molar-refractivity contribution in [1.82, 2.24) is 0 Å². The van der Waals surface area contributed by atoms with Crippen molar-refractivity contribution in [3.05, 3.63) is 57.6 Å². The zero-order chi connectivity index (χ0) is 16.8. The van der Waals surface area contributed by atoms with Crippen LogP contribution in [-0.4, -0.2) is 24.6 Å². The average Bonchev–Trinajstić information content (AvgIpc) is 2.54. The summed E-state index contributed by atoms with van der Waals surface area (Å²) in [4.78, 5) is 22.0. The summed E-state index contributed by atoms with van der Waals surface area (Å²) >= 11 is 5.74. The van der Waals surface area contributed by atoms with E-state index in [1.165, 1.54) is 19.2 Å². The van der Waals surface area contributed by atoms with Crippen molar-refractivity contribution < 1.29 is 23.9 Å². The normalized spacial score (nSPS) is 10.0. The molecule has 0 atom stereocenters. The number of hydrogen-bond acceptors (Lipinski definition) is 6. The van der Waals surface area contributed by atoms with Crippen molar-refractivity contribution in [1.29, 1.82) is 0 Å². The molecule has 2 aromatic carbocycles. The predicted molar refractivity (Wildman–Crippen MR) is 82.2 cm³/mol. The second kappa shape index (κ2) is 7.46. The van der Waals surface area contributed by atoms with Crippen LogP contribution in [0.1, 0.15) is 0 Å². The SMILES string of the molecule is COc1ccc([N+](=O)[O-])cc1OC(=O)COc1ccc(Cl)cc1. The molecule has 0 saturated heterocycles. The molecule has 0 bridgehead atoms. The van der Waals surface area contributed by atoms with Gasteiger partial charge in [0.25, 0.3) is 5.69 Å². The number of carbonyl (C=O) groups excluding carboxylic acids is 1. The number of halogens is 1. The molecule has 0 spiro atoms. The van der Waals surface area contributed by atoms with Crippen molar-refractivity contribution >= 4 is 23.3 Å². The van der Waals surface area contributed by atoms with Crippen molar-refractivity contribution in [3.63, 3.8) is 0 Å². The summed E-state index contributed by atoms with van der Waals surface area (Å²) in [7, 11) is 1.36. The van der Waals surface area contributed by atoms with Gasteiger partial charge in [-0.05, 0) is 30.3 Å². The fourth-order valence-corrected chi connectivity index (χ4v) is 1.81. The quantitative estimate of drug-likeness (QED) is 0.348. The molecule has 2 rings (SSSR count). The van der Waals surface area contributed by atoms with Gasteiger partial charge in [-0.15, -0.1) is 0 Å². The highest BCUT2D eigenvalue weighted by Crippen LogP contribution is 2.31. The molecule has 0 fully saturated rings. The van der Waals surface area contributed by atoms with Gasteiger partial charge in [0.1, 0.15) is 5.75 Å². The molecule has 0 radical (unpaired) electrons. The van der Waals surface area contributed by atoms with Gasteiger partial charge in [-0.3, -0.25) is 10.1 Å². The van der Waals surface area contributed by atoms with Gasteiger partial charge in [-0.2, -0.15) is 0 Å². The molecule has 2 aromatic rings. The van der Waals surface area contributed by atoms with Gasteiger partial charge in [0, 0.05) is 11.1 Å². The number of non-ortho nitro benzene ring substituents is 1. The summed E-state index contributed by atoms with van der Waals surface area (Å²) in [6.45, 7) is -0.368. The van der Waals surface area contributed by atoms with Crippen LogP contribution in [0.25, 0.3) is 0 Å². The third-order valence-corrected chi connectivity index (χ3v) is 3.00. The number of rotatable bonds is 6. The number of carbonyl (C=O) groups is 1. The van der Waals surface area contributed by atoms with Crippen LogP contribution in [0.3, 0.4) is 0 Å². The van der Waals surface area contributed by atoms with E-state index in [1.807, 2.05) is 0 Å². The molecule has 0 aliphatic carbocycles. The van der Waals surface area contributed by atoms with Gasteiger partial charge in [0.05, 0.1) is 18.1 Å². The molecular weight excluding hydrogens is 326 g/mol. The van der Waals surface area contributed by atoms with Crippen molar-refractivity contribution in [2.45, 2.75) is 0 Å². The highest BCUT2D eigenvalue weighted by atomic mass is 35.5. The van der Waals surface area contributed by atoms with Crippen LogP contribution < -0.4 is 14.2 Å². The fourth-order valence-electron chi connectivity index (χ4n) is 1.68. The number of nitro benzene ring substituents is 1. The summed E-state index contributed by atoms with van der Waals surface area (Å²) in [5.41, 5.74) is -0.216. The van der Waals surface area contributed by atoms with Crippen molar-refractivity contribution in [3.8, 4) is 17.2 Å². The van der Waals surface area contributed by atoms with Crippen LogP contribution in [-0.2, 0) is 4.79 Å². The van der Waals surface area contributed by atoms with Crippen LogP contribution >= 0.6 is 11.6 Å². The third-order valence-electron chi connectivity index (χ3n) is 2.75. The minimum Gasteiger partial charge on any atom is -0.493 e. The van der Waals surface area contributed by atoms with Crippen LogP contribution in [0, 0.1) is 10.1 Å². The maximum Gasteiger partial charge on any atom is 0.349 e. The van der Waals surface area contributed by atoms with E-state index in [2.05, 4.69) is 0 Å². The summed E-state index contributed by atoms with van der Waals surface area (Å²) in [5, 5.41) is 11.3. The smallest absolute Gasteiger partial charge is 0.349 e. The Hall–Kier alpha value is -2.80. The van der Waals surface area contributed by atoms with Crippen LogP contribution in [0.15, 0.2) is 42.5 Å². The first-order valence-corrected chi connectivity index (χ1v) is 6.79. The molecule has 7 nitrogen and oxygen atoms in total. The monoisotopic (exact) mass is 337 g/mol. The standard InChI is InChI=1S/C15H12ClNO6/c1-21-13-7-4-11(17(19)20)8-14(13)23-15(18)9-22-12-5-2-10(16)3-6-12/h2-8H,9H2,1H3. The Morgan fingerprint density at radius 3 is 2.48 bits per heavy atom. The molecule has 120 valence electrons. The van der Waals surface area contributed by atoms with Gasteiger partial charge in [0.2, 0.25) is 0 Å². The molecule has 0 aliphatic rings.